The zero-order valence-corrected chi connectivity index (χ0v) is 12.5. The summed E-state index contributed by atoms with van der Waals surface area (Å²) in [5.41, 5.74) is 3.51. The summed E-state index contributed by atoms with van der Waals surface area (Å²) >= 11 is 0. The Hall–Kier alpha value is -1.96. The lowest BCUT2D eigenvalue weighted by Gasteiger charge is -2.06. The molecule has 0 unspecified atom stereocenters. The highest BCUT2D eigenvalue weighted by molar-refractivity contribution is 5.95. The van der Waals surface area contributed by atoms with E-state index < -0.39 is 0 Å². The van der Waals surface area contributed by atoms with Crippen LogP contribution in [0, 0.1) is 0 Å². The molecule has 0 heterocycles. The zero-order chi connectivity index (χ0) is 14.8. The Labute approximate surface area is 116 Å². The maximum atomic E-state index is 11.3. The number of Topliss-reactive ketones (excluding diaryl/α,β-unsaturated/α-hetero) is 1. The number of rotatable bonds is 4. The summed E-state index contributed by atoms with van der Waals surface area (Å²) in [5.74, 6) is 0.0620. The molecular weight excluding hydrogens is 234 g/mol. The first-order valence-corrected chi connectivity index (χ1v) is 6.53. The third-order valence-corrected chi connectivity index (χ3v) is 2.50. The van der Waals surface area contributed by atoms with Crippen molar-refractivity contribution < 1.29 is 4.79 Å². The number of nitrogens with zero attached hydrogens (tertiary/aromatic N) is 1. The van der Waals surface area contributed by atoms with Gasteiger partial charge in [0, 0.05) is 23.0 Å². The molecule has 0 radical (unpaired) electrons. The van der Waals surface area contributed by atoms with E-state index in [1.165, 1.54) is 0 Å². The van der Waals surface area contributed by atoms with Gasteiger partial charge in [0.1, 0.15) is 0 Å². The molecule has 102 valence electrons. The van der Waals surface area contributed by atoms with Gasteiger partial charge in [0.15, 0.2) is 5.78 Å². The van der Waals surface area contributed by atoms with Gasteiger partial charge in [-0.3, -0.25) is 9.79 Å². The lowest BCUT2D eigenvalue weighted by atomic mass is 10.0. The number of aliphatic imine (C=N–C) groups is 1. The summed E-state index contributed by atoms with van der Waals surface area (Å²) in [6, 6.07) is 7.51. The van der Waals surface area contributed by atoms with Crippen LogP contribution in [-0.4, -0.2) is 12.0 Å². The molecule has 0 aliphatic heterocycles. The monoisotopic (exact) mass is 257 g/mol. The summed E-state index contributed by atoms with van der Waals surface area (Å²) in [7, 11) is 0. The van der Waals surface area contributed by atoms with Gasteiger partial charge < -0.3 is 0 Å². The smallest absolute Gasteiger partial charge is 0.159 e. The predicted molar refractivity (Wildman–Crippen MR) is 84.8 cm³/mol. The SMILES string of the molecule is C=C/C(=C(/C)N=CC)c1cccc(C(C)=O)c1.CC. The molecule has 0 spiro atoms. The minimum absolute atomic E-state index is 0.0620. The highest BCUT2D eigenvalue weighted by Crippen LogP contribution is 2.21. The van der Waals surface area contributed by atoms with Gasteiger partial charge in [-0.25, -0.2) is 0 Å². The van der Waals surface area contributed by atoms with Gasteiger partial charge in [0.2, 0.25) is 0 Å². The van der Waals surface area contributed by atoms with E-state index in [4.69, 9.17) is 0 Å². The lowest BCUT2D eigenvalue weighted by molar-refractivity contribution is 0.101. The Morgan fingerprint density at radius 1 is 1.21 bits per heavy atom. The molecule has 0 atom stereocenters. The van der Waals surface area contributed by atoms with Gasteiger partial charge in [-0.05, 0) is 32.4 Å². The Balaban J connectivity index is 0.00000154. The molecule has 1 rings (SSSR count). The van der Waals surface area contributed by atoms with E-state index in [1.807, 2.05) is 52.0 Å². The number of ketones is 1. The predicted octanol–water partition coefficient (Wildman–Crippen LogP) is 4.92. The lowest BCUT2D eigenvalue weighted by Crippen LogP contribution is -1.93. The maximum absolute atomic E-state index is 11.3. The number of carbonyl (C=O) groups is 1. The molecule has 0 bridgehead atoms. The van der Waals surface area contributed by atoms with Crippen LogP contribution in [0.15, 0.2) is 47.6 Å². The molecule has 0 saturated heterocycles. The summed E-state index contributed by atoms with van der Waals surface area (Å²) in [6.07, 6.45) is 3.51. The fraction of sp³-hybridized carbons (Fsp3) is 0.294. The van der Waals surface area contributed by atoms with Gasteiger partial charge >= 0.3 is 0 Å². The number of carbonyl (C=O) groups excluding carboxylic acids is 1. The Bertz CT molecular complexity index is 496. The zero-order valence-electron chi connectivity index (χ0n) is 12.5. The first-order chi connectivity index (χ1) is 9.10. The molecular formula is C17H23NO. The average Bonchev–Trinajstić information content (AvgIpc) is 2.42. The van der Waals surface area contributed by atoms with Crippen molar-refractivity contribution in [2.75, 3.05) is 0 Å². The van der Waals surface area contributed by atoms with Gasteiger partial charge in [-0.2, -0.15) is 0 Å². The average molecular weight is 257 g/mol. The van der Waals surface area contributed by atoms with Crippen molar-refractivity contribution in [2.24, 2.45) is 4.99 Å². The molecule has 2 nitrogen and oxygen atoms in total. The fourth-order valence-corrected chi connectivity index (χ4v) is 1.64. The molecule has 0 aliphatic rings. The van der Waals surface area contributed by atoms with E-state index in [2.05, 4.69) is 11.6 Å². The third-order valence-electron chi connectivity index (χ3n) is 2.50. The second-order valence-electron chi connectivity index (χ2n) is 3.73. The standard InChI is InChI=1S/C15H17NO.C2H6/c1-5-15(11(3)16-6-2)14-9-7-8-13(10-14)12(4)17;1-2/h5-10H,1H2,2-4H3;1-2H3/b15-11+,16-6?;. The van der Waals surface area contributed by atoms with Crippen molar-refractivity contribution in [2.45, 2.75) is 34.6 Å². The van der Waals surface area contributed by atoms with Crippen LogP contribution in [0.1, 0.15) is 50.5 Å². The molecule has 2 heteroatoms. The van der Waals surface area contributed by atoms with E-state index in [9.17, 15) is 4.79 Å². The van der Waals surface area contributed by atoms with Crippen LogP contribution < -0.4 is 0 Å². The van der Waals surface area contributed by atoms with Crippen molar-refractivity contribution in [1.29, 1.82) is 0 Å². The number of hydrogen-bond donors (Lipinski definition) is 0. The van der Waals surface area contributed by atoms with Gasteiger partial charge in [0.05, 0.1) is 0 Å². The van der Waals surface area contributed by atoms with E-state index in [0.717, 1.165) is 16.8 Å². The summed E-state index contributed by atoms with van der Waals surface area (Å²) in [4.78, 5) is 15.6. The van der Waals surface area contributed by atoms with Crippen LogP contribution in [0.4, 0.5) is 0 Å². The van der Waals surface area contributed by atoms with Crippen LogP contribution in [0.25, 0.3) is 5.57 Å². The first-order valence-electron chi connectivity index (χ1n) is 6.53. The van der Waals surface area contributed by atoms with Crippen LogP contribution in [0.5, 0.6) is 0 Å². The van der Waals surface area contributed by atoms with Crippen LogP contribution in [0.3, 0.4) is 0 Å². The topological polar surface area (TPSA) is 29.4 Å². The highest BCUT2D eigenvalue weighted by Gasteiger charge is 2.05. The Kier molecular flexibility index (Phi) is 8.10. The van der Waals surface area contributed by atoms with Crippen LogP contribution >= 0.6 is 0 Å². The Morgan fingerprint density at radius 2 is 1.79 bits per heavy atom. The molecule has 0 saturated carbocycles. The number of allylic oxidation sites excluding steroid dienone is 3. The van der Waals surface area contributed by atoms with E-state index in [0.29, 0.717) is 5.56 Å². The fourth-order valence-electron chi connectivity index (χ4n) is 1.64. The first kappa shape index (κ1) is 17.0. The summed E-state index contributed by atoms with van der Waals surface area (Å²) in [6.45, 7) is 13.2. The summed E-state index contributed by atoms with van der Waals surface area (Å²) in [5, 5.41) is 0. The molecule has 1 aromatic rings. The second kappa shape index (κ2) is 9.03. The van der Waals surface area contributed by atoms with Gasteiger partial charge in [0.25, 0.3) is 0 Å². The van der Waals surface area contributed by atoms with E-state index in [1.54, 1.807) is 19.2 Å². The van der Waals surface area contributed by atoms with Crippen molar-refractivity contribution in [3.63, 3.8) is 0 Å². The number of hydrogen-bond acceptors (Lipinski definition) is 2. The maximum Gasteiger partial charge on any atom is 0.159 e. The normalized spacial score (nSPS) is 11.4. The molecule has 19 heavy (non-hydrogen) atoms. The van der Waals surface area contributed by atoms with E-state index in [-0.39, 0.29) is 5.78 Å². The molecule has 1 aromatic carbocycles. The van der Waals surface area contributed by atoms with Crippen molar-refractivity contribution in [3.8, 4) is 0 Å². The molecule has 0 amide bonds. The number of benzene rings is 1. The third kappa shape index (κ3) is 5.04. The van der Waals surface area contributed by atoms with Crippen LogP contribution in [0.2, 0.25) is 0 Å². The van der Waals surface area contributed by atoms with Gasteiger partial charge in [-0.15, -0.1) is 0 Å². The molecule has 0 aromatic heterocycles. The second-order valence-corrected chi connectivity index (χ2v) is 3.73. The quantitative estimate of drug-likeness (QED) is 0.427. The molecule has 0 aliphatic carbocycles. The Morgan fingerprint density at radius 3 is 2.26 bits per heavy atom. The minimum Gasteiger partial charge on any atom is -0.295 e. The van der Waals surface area contributed by atoms with Crippen molar-refractivity contribution >= 4 is 17.6 Å². The van der Waals surface area contributed by atoms with Gasteiger partial charge in [-0.1, -0.05) is 44.7 Å². The summed E-state index contributed by atoms with van der Waals surface area (Å²) < 4.78 is 0. The van der Waals surface area contributed by atoms with Crippen molar-refractivity contribution in [3.05, 3.63) is 53.7 Å². The highest BCUT2D eigenvalue weighted by atomic mass is 16.1. The van der Waals surface area contributed by atoms with Crippen LogP contribution in [-0.2, 0) is 0 Å². The molecule has 0 fully saturated rings. The largest absolute Gasteiger partial charge is 0.295 e. The molecule has 0 N–H and O–H groups in total. The minimum atomic E-state index is 0.0620. The van der Waals surface area contributed by atoms with Crippen molar-refractivity contribution in [1.82, 2.24) is 0 Å². The van der Waals surface area contributed by atoms with E-state index >= 15 is 0 Å².